The van der Waals surface area contributed by atoms with Gasteiger partial charge in [-0.2, -0.15) is 5.10 Å². The largest absolute Gasteiger partial charge is 0.444 e. The summed E-state index contributed by atoms with van der Waals surface area (Å²) in [4.78, 5) is 25.1. The molecule has 1 aliphatic rings. The second-order valence-electron chi connectivity index (χ2n) is 9.26. The Morgan fingerprint density at radius 2 is 2.06 bits per heavy atom. The van der Waals surface area contributed by atoms with Gasteiger partial charge in [-0.3, -0.25) is 4.68 Å². The van der Waals surface area contributed by atoms with Crippen LogP contribution in [0.15, 0.2) is 36.2 Å². The lowest BCUT2D eigenvalue weighted by molar-refractivity contribution is 0.0299. The third-order valence-electron chi connectivity index (χ3n) is 5.32. The number of aryl methyl sites for hydroxylation is 1. The molecule has 0 spiro atoms. The van der Waals surface area contributed by atoms with Crippen LogP contribution in [0, 0.1) is 5.82 Å². The van der Waals surface area contributed by atoms with Gasteiger partial charge in [0.25, 0.3) is 0 Å². The fourth-order valence-electron chi connectivity index (χ4n) is 3.89. The average molecular weight is 466 g/mol. The molecule has 1 aromatic carbocycles. The van der Waals surface area contributed by atoms with Crippen LogP contribution in [0.5, 0.6) is 0 Å². The zero-order chi connectivity index (χ0) is 23.3. The van der Waals surface area contributed by atoms with Crippen molar-refractivity contribution >= 4 is 44.6 Å². The number of thiophene rings is 1. The van der Waals surface area contributed by atoms with E-state index in [4.69, 9.17) is 4.74 Å². The van der Waals surface area contributed by atoms with Crippen LogP contribution < -0.4 is 0 Å². The molecule has 0 N–H and O–H groups in total. The summed E-state index contributed by atoms with van der Waals surface area (Å²) in [7, 11) is 1.76. The molecule has 0 bridgehead atoms. The first-order valence-corrected chi connectivity index (χ1v) is 11.5. The van der Waals surface area contributed by atoms with Gasteiger partial charge in [0, 0.05) is 53.7 Å². The standard InChI is InChI=1S/C24H24FN5O2S/c1-24(2,3)32-23(31)30-6-5-14(12-30)7-18-9-16-11-26-21(27-22(16)33-18)15-8-17-13-29(4)28-20(17)19(25)10-15/h7-11,13H,5-6,12H2,1-4H3/b14-7+. The van der Waals surface area contributed by atoms with Crippen LogP contribution >= 0.6 is 11.3 Å². The summed E-state index contributed by atoms with van der Waals surface area (Å²) in [6, 6.07) is 5.32. The smallest absolute Gasteiger partial charge is 0.410 e. The van der Waals surface area contributed by atoms with Crippen LogP contribution in [-0.2, 0) is 11.8 Å². The van der Waals surface area contributed by atoms with Crippen molar-refractivity contribution in [2.45, 2.75) is 32.8 Å². The highest BCUT2D eigenvalue weighted by Crippen LogP contribution is 2.30. The Labute approximate surface area is 194 Å². The van der Waals surface area contributed by atoms with E-state index in [0.717, 1.165) is 21.5 Å². The predicted molar refractivity (Wildman–Crippen MR) is 127 cm³/mol. The number of hydrogen-bond acceptors (Lipinski definition) is 6. The quantitative estimate of drug-likeness (QED) is 0.396. The van der Waals surface area contributed by atoms with E-state index < -0.39 is 5.60 Å². The number of likely N-dealkylation sites (tertiary alicyclic amines) is 1. The maximum absolute atomic E-state index is 14.5. The van der Waals surface area contributed by atoms with E-state index >= 15 is 0 Å². The monoisotopic (exact) mass is 465 g/mol. The van der Waals surface area contributed by atoms with E-state index in [2.05, 4.69) is 21.1 Å². The maximum atomic E-state index is 14.5. The van der Waals surface area contributed by atoms with Crippen molar-refractivity contribution in [1.82, 2.24) is 24.6 Å². The second-order valence-corrected chi connectivity index (χ2v) is 10.3. The number of hydrogen-bond donors (Lipinski definition) is 0. The Balaban J connectivity index is 1.39. The molecule has 0 atom stereocenters. The van der Waals surface area contributed by atoms with Crippen molar-refractivity contribution in [3.8, 4) is 11.4 Å². The number of halogens is 1. The highest BCUT2D eigenvalue weighted by molar-refractivity contribution is 7.19. The zero-order valence-corrected chi connectivity index (χ0v) is 19.7. The molecule has 9 heteroatoms. The Bertz CT molecular complexity index is 1420. The Hall–Kier alpha value is -3.33. The van der Waals surface area contributed by atoms with E-state index in [0.29, 0.717) is 35.4 Å². The molecular weight excluding hydrogens is 441 g/mol. The number of rotatable bonds is 2. The first kappa shape index (κ1) is 21.5. The van der Waals surface area contributed by atoms with Crippen molar-refractivity contribution in [2.24, 2.45) is 7.05 Å². The van der Waals surface area contributed by atoms with Crippen LogP contribution in [-0.4, -0.2) is 49.4 Å². The number of amides is 1. The molecule has 0 unspecified atom stereocenters. The van der Waals surface area contributed by atoms with Crippen LogP contribution in [0.1, 0.15) is 32.1 Å². The summed E-state index contributed by atoms with van der Waals surface area (Å²) >= 11 is 1.55. The van der Waals surface area contributed by atoms with Crippen LogP contribution in [0.2, 0.25) is 0 Å². The molecular formula is C24H24FN5O2S. The lowest BCUT2D eigenvalue weighted by atomic mass is 10.1. The topological polar surface area (TPSA) is 73.1 Å². The molecule has 0 saturated carbocycles. The molecule has 1 aliphatic heterocycles. The second kappa shape index (κ2) is 7.91. The van der Waals surface area contributed by atoms with E-state index in [-0.39, 0.29) is 11.9 Å². The first-order chi connectivity index (χ1) is 15.6. The van der Waals surface area contributed by atoms with Gasteiger partial charge >= 0.3 is 6.09 Å². The average Bonchev–Trinajstić information content (AvgIpc) is 3.43. The number of nitrogens with zero attached hydrogens (tertiary/aromatic N) is 5. The highest BCUT2D eigenvalue weighted by atomic mass is 32.1. The number of carbonyl (C=O) groups is 1. The fraction of sp³-hybridized carbons (Fsp3) is 0.333. The van der Waals surface area contributed by atoms with Gasteiger partial charge in [0.2, 0.25) is 0 Å². The van der Waals surface area contributed by atoms with Gasteiger partial charge in [0.05, 0.1) is 0 Å². The zero-order valence-electron chi connectivity index (χ0n) is 18.9. The normalized spacial score (nSPS) is 15.8. The Kier molecular flexibility index (Phi) is 5.16. The molecule has 0 radical (unpaired) electrons. The maximum Gasteiger partial charge on any atom is 0.410 e. The predicted octanol–water partition coefficient (Wildman–Crippen LogP) is 5.41. The summed E-state index contributed by atoms with van der Waals surface area (Å²) in [5.74, 6) is 0.0874. The number of aromatic nitrogens is 4. The molecule has 1 fully saturated rings. The van der Waals surface area contributed by atoms with Crippen molar-refractivity contribution in [3.63, 3.8) is 0 Å². The molecule has 3 aromatic heterocycles. The molecule has 4 aromatic rings. The van der Waals surface area contributed by atoms with Crippen LogP contribution in [0.25, 0.3) is 38.6 Å². The van der Waals surface area contributed by atoms with Crippen molar-refractivity contribution < 1.29 is 13.9 Å². The third kappa shape index (κ3) is 4.45. The van der Waals surface area contributed by atoms with Crippen molar-refractivity contribution in [3.05, 3.63) is 46.9 Å². The minimum absolute atomic E-state index is 0.282. The van der Waals surface area contributed by atoms with E-state index in [1.165, 1.54) is 11.6 Å². The van der Waals surface area contributed by atoms with Gasteiger partial charge in [0.1, 0.15) is 15.9 Å². The van der Waals surface area contributed by atoms with E-state index in [9.17, 15) is 9.18 Å². The van der Waals surface area contributed by atoms with Gasteiger partial charge in [-0.05, 0) is 57.0 Å². The number of fused-ring (bicyclic) bond motifs is 2. The van der Waals surface area contributed by atoms with Gasteiger partial charge in [-0.1, -0.05) is 0 Å². The van der Waals surface area contributed by atoms with Crippen LogP contribution in [0.3, 0.4) is 0 Å². The molecule has 1 saturated heterocycles. The number of benzene rings is 1. The summed E-state index contributed by atoms with van der Waals surface area (Å²) < 4.78 is 21.6. The minimum atomic E-state index is -0.504. The molecule has 5 rings (SSSR count). The summed E-state index contributed by atoms with van der Waals surface area (Å²) in [6.07, 6.45) is 6.18. The van der Waals surface area contributed by atoms with E-state index in [1.807, 2.05) is 32.9 Å². The lowest BCUT2D eigenvalue weighted by Gasteiger charge is -2.23. The SMILES string of the molecule is Cn1cc2cc(-c3ncc4cc(/C=C5\CCN(C(=O)OC(C)(C)C)C5)sc4n3)cc(F)c2n1. The highest BCUT2D eigenvalue weighted by Gasteiger charge is 2.26. The number of carbonyl (C=O) groups excluding carboxylic acids is 1. The van der Waals surface area contributed by atoms with Gasteiger partial charge < -0.3 is 9.64 Å². The molecule has 0 aliphatic carbocycles. The van der Waals surface area contributed by atoms with Crippen molar-refractivity contribution in [2.75, 3.05) is 13.1 Å². The molecule has 170 valence electrons. The number of ether oxygens (including phenoxy) is 1. The third-order valence-corrected chi connectivity index (χ3v) is 6.31. The molecule has 7 nitrogen and oxygen atoms in total. The van der Waals surface area contributed by atoms with Crippen LogP contribution in [0.4, 0.5) is 9.18 Å². The summed E-state index contributed by atoms with van der Waals surface area (Å²) in [5.41, 5.74) is 1.62. The molecule has 4 heterocycles. The summed E-state index contributed by atoms with van der Waals surface area (Å²) in [5, 5.41) is 5.79. The van der Waals surface area contributed by atoms with Crippen molar-refractivity contribution in [1.29, 1.82) is 0 Å². The summed E-state index contributed by atoms with van der Waals surface area (Å²) in [6.45, 7) is 6.82. The van der Waals surface area contributed by atoms with Gasteiger partial charge in [0.15, 0.2) is 11.6 Å². The first-order valence-electron chi connectivity index (χ1n) is 10.7. The Morgan fingerprint density at radius 3 is 2.85 bits per heavy atom. The van der Waals surface area contributed by atoms with Gasteiger partial charge in [-0.15, -0.1) is 11.3 Å². The minimum Gasteiger partial charge on any atom is -0.444 e. The molecule has 1 amide bonds. The Morgan fingerprint density at radius 1 is 1.24 bits per heavy atom. The molecule has 33 heavy (non-hydrogen) atoms. The van der Waals surface area contributed by atoms with Gasteiger partial charge in [-0.25, -0.2) is 19.2 Å². The van der Waals surface area contributed by atoms with E-state index in [1.54, 1.807) is 40.4 Å². The lowest BCUT2D eigenvalue weighted by Crippen LogP contribution is -2.34. The fourth-order valence-corrected chi connectivity index (χ4v) is 4.88.